The van der Waals surface area contributed by atoms with E-state index in [2.05, 4.69) is 31.4 Å². The molecule has 0 radical (unpaired) electrons. The molecule has 0 aromatic carbocycles. The van der Waals surface area contributed by atoms with Crippen molar-refractivity contribution in [3.63, 3.8) is 0 Å². The predicted octanol–water partition coefficient (Wildman–Crippen LogP) is 4.28. The zero-order chi connectivity index (χ0) is 22.5. The van der Waals surface area contributed by atoms with Crippen molar-refractivity contribution in [2.75, 3.05) is 6.54 Å². The molecule has 2 fully saturated rings. The lowest BCUT2D eigenvalue weighted by Gasteiger charge is -2.36. The molecule has 2 unspecified atom stereocenters. The smallest absolute Gasteiger partial charge is 0.316 e. The van der Waals surface area contributed by atoms with Crippen molar-refractivity contribution < 1.29 is 14.4 Å². The molecule has 0 spiro atoms. The number of hydrogen-bond acceptors (Lipinski definition) is 3. The highest BCUT2D eigenvalue weighted by Gasteiger charge is 2.41. The molecule has 1 aliphatic heterocycles. The second-order valence-corrected chi connectivity index (χ2v) is 10.4. The van der Waals surface area contributed by atoms with Crippen LogP contribution in [-0.4, -0.2) is 47.3 Å². The summed E-state index contributed by atoms with van der Waals surface area (Å²) in [5.41, 5.74) is -0.418. The van der Waals surface area contributed by atoms with Gasteiger partial charge in [0.2, 0.25) is 5.91 Å². The Kier molecular flexibility index (Phi) is 8.74. The van der Waals surface area contributed by atoms with Crippen LogP contribution in [0.3, 0.4) is 0 Å². The number of urea groups is 1. The molecule has 1 saturated heterocycles. The third-order valence-corrected chi connectivity index (χ3v) is 6.59. The average molecular weight is 422 g/mol. The SMILES string of the molecule is CCCC(CCC)C(NC(=O)NC(C(=O)N1CCC[C@H]1C)C(C)(C)C)C(=O)C1CC1. The highest BCUT2D eigenvalue weighted by atomic mass is 16.2. The molecule has 6 nitrogen and oxygen atoms in total. The Morgan fingerprint density at radius 2 is 1.60 bits per heavy atom. The summed E-state index contributed by atoms with van der Waals surface area (Å²) in [6.07, 6.45) is 7.68. The first-order valence-corrected chi connectivity index (χ1v) is 12.0. The van der Waals surface area contributed by atoms with Crippen LogP contribution in [0, 0.1) is 17.3 Å². The Hall–Kier alpha value is -1.59. The zero-order valence-corrected chi connectivity index (χ0v) is 19.9. The Morgan fingerprint density at radius 1 is 1.00 bits per heavy atom. The molecular weight excluding hydrogens is 378 g/mol. The van der Waals surface area contributed by atoms with E-state index in [0.717, 1.165) is 57.9 Å². The van der Waals surface area contributed by atoms with Gasteiger partial charge in [0, 0.05) is 18.5 Å². The van der Waals surface area contributed by atoms with Crippen molar-refractivity contribution in [3.05, 3.63) is 0 Å². The molecule has 1 heterocycles. The van der Waals surface area contributed by atoms with E-state index < -0.39 is 23.5 Å². The first-order chi connectivity index (χ1) is 14.1. The lowest BCUT2D eigenvalue weighted by molar-refractivity contribution is -0.136. The lowest BCUT2D eigenvalue weighted by atomic mass is 9.85. The summed E-state index contributed by atoms with van der Waals surface area (Å²) in [6, 6.07) is -1.27. The summed E-state index contributed by atoms with van der Waals surface area (Å²) < 4.78 is 0. The second-order valence-electron chi connectivity index (χ2n) is 10.4. The van der Waals surface area contributed by atoms with Gasteiger partial charge in [0.15, 0.2) is 5.78 Å². The topological polar surface area (TPSA) is 78.5 Å². The fourth-order valence-corrected chi connectivity index (χ4v) is 4.65. The number of amides is 3. The van der Waals surface area contributed by atoms with Crippen LogP contribution in [0.5, 0.6) is 0 Å². The summed E-state index contributed by atoms with van der Waals surface area (Å²) in [4.78, 5) is 41.1. The molecule has 6 heteroatoms. The Balaban J connectivity index is 2.13. The number of nitrogens with one attached hydrogen (secondary N) is 2. The van der Waals surface area contributed by atoms with Gasteiger partial charge >= 0.3 is 6.03 Å². The van der Waals surface area contributed by atoms with Crippen LogP contribution in [0.4, 0.5) is 4.79 Å². The van der Waals surface area contributed by atoms with Crippen LogP contribution in [0.2, 0.25) is 0 Å². The van der Waals surface area contributed by atoms with E-state index in [1.165, 1.54) is 0 Å². The fraction of sp³-hybridized carbons (Fsp3) is 0.875. The van der Waals surface area contributed by atoms with Crippen LogP contribution in [0.1, 0.15) is 92.9 Å². The van der Waals surface area contributed by atoms with Crippen molar-refractivity contribution in [3.8, 4) is 0 Å². The second kappa shape index (κ2) is 10.6. The monoisotopic (exact) mass is 421 g/mol. The molecule has 0 aromatic rings. The van der Waals surface area contributed by atoms with Crippen LogP contribution in [0.25, 0.3) is 0 Å². The van der Waals surface area contributed by atoms with Crippen LogP contribution in [-0.2, 0) is 9.59 Å². The minimum absolute atomic E-state index is 0.0219. The molecule has 2 aliphatic rings. The number of likely N-dealkylation sites (tertiary alicyclic amines) is 1. The first kappa shape index (κ1) is 24.7. The first-order valence-electron chi connectivity index (χ1n) is 12.0. The van der Waals surface area contributed by atoms with E-state index in [9.17, 15) is 14.4 Å². The van der Waals surface area contributed by atoms with Gasteiger partial charge in [-0.1, -0.05) is 47.5 Å². The van der Waals surface area contributed by atoms with Gasteiger partial charge in [0.25, 0.3) is 0 Å². The maximum absolute atomic E-state index is 13.2. The van der Waals surface area contributed by atoms with Crippen molar-refractivity contribution in [1.82, 2.24) is 15.5 Å². The van der Waals surface area contributed by atoms with E-state index >= 15 is 0 Å². The third-order valence-electron chi connectivity index (χ3n) is 6.59. The highest BCUT2D eigenvalue weighted by molar-refractivity contribution is 5.93. The standard InChI is InChI=1S/C24H43N3O3/c1-7-10-17(11-8-2)19(20(28)18-13-14-18)25-23(30)26-21(24(4,5)6)22(29)27-15-9-12-16(27)3/h16-19,21H,7-15H2,1-6H3,(H2,25,26,30)/t16-,19?,21?/m1/s1. The van der Waals surface area contributed by atoms with Gasteiger partial charge in [-0.05, 0) is 56.8 Å². The van der Waals surface area contributed by atoms with E-state index in [1.807, 2.05) is 25.7 Å². The van der Waals surface area contributed by atoms with Gasteiger partial charge in [0.05, 0.1) is 6.04 Å². The number of Topliss-reactive ketones (excluding diaryl/α,β-unsaturated/α-hetero) is 1. The Morgan fingerprint density at radius 3 is 2.03 bits per heavy atom. The maximum Gasteiger partial charge on any atom is 0.316 e. The summed E-state index contributed by atoms with van der Waals surface area (Å²) in [5, 5.41) is 5.94. The largest absolute Gasteiger partial charge is 0.338 e. The predicted molar refractivity (Wildman–Crippen MR) is 120 cm³/mol. The number of ketones is 1. The lowest BCUT2D eigenvalue weighted by Crippen LogP contribution is -2.59. The van der Waals surface area contributed by atoms with Gasteiger partial charge in [-0.2, -0.15) is 0 Å². The summed E-state index contributed by atoms with van der Waals surface area (Å²) >= 11 is 0. The molecule has 3 amide bonds. The molecule has 3 atom stereocenters. The van der Waals surface area contributed by atoms with Crippen molar-refractivity contribution in [2.45, 2.75) is 111 Å². The molecule has 1 aliphatic carbocycles. The quantitative estimate of drug-likeness (QED) is 0.553. The summed E-state index contributed by atoms with van der Waals surface area (Å²) in [7, 11) is 0. The molecule has 1 saturated carbocycles. The maximum atomic E-state index is 13.2. The highest BCUT2D eigenvalue weighted by Crippen LogP contribution is 2.34. The molecule has 172 valence electrons. The van der Waals surface area contributed by atoms with E-state index in [4.69, 9.17) is 0 Å². The molecule has 30 heavy (non-hydrogen) atoms. The van der Waals surface area contributed by atoms with Gasteiger partial charge in [-0.15, -0.1) is 0 Å². The third kappa shape index (κ3) is 6.45. The van der Waals surface area contributed by atoms with Crippen LogP contribution < -0.4 is 10.6 Å². The Labute approximate surface area is 182 Å². The zero-order valence-electron chi connectivity index (χ0n) is 19.9. The van der Waals surface area contributed by atoms with Gasteiger partial charge in [0.1, 0.15) is 6.04 Å². The minimum Gasteiger partial charge on any atom is -0.338 e. The van der Waals surface area contributed by atoms with E-state index in [-0.39, 0.29) is 29.6 Å². The van der Waals surface area contributed by atoms with Gasteiger partial charge in [-0.25, -0.2) is 4.79 Å². The average Bonchev–Trinajstić information content (AvgIpc) is 3.43. The summed E-state index contributed by atoms with van der Waals surface area (Å²) in [6.45, 7) is 13.0. The Bertz CT molecular complexity index is 603. The molecular formula is C24H43N3O3. The molecule has 0 bridgehead atoms. The molecule has 2 N–H and O–H groups in total. The number of rotatable bonds is 10. The van der Waals surface area contributed by atoms with Crippen molar-refractivity contribution >= 4 is 17.7 Å². The number of carbonyl (C=O) groups excluding carboxylic acids is 3. The number of hydrogen-bond donors (Lipinski definition) is 2. The van der Waals surface area contributed by atoms with Crippen molar-refractivity contribution in [1.29, 1.82) is 0 Å². The van der Waals surface area contributed by atoms with Crippen LogP contribution in [0.15, 0.2) is 0 Å². The number of carbonyl (C=O) groups is 3. The summed E-state index contributed by atoms with van der Waals surface area (Å²) in [5.74, 6) is 0.397. The van der Waals surface area contributed by atoms with Crippen molar-refractivity contribution in [2.24, 2.45) is 17.3 Å². The number of nitrogens with zero attached hydrogens (tertiary/aromatic N) is 1. The van der Waals surface area contributed by atoms with Crippen LogP contribution >= 0.6 is 0 Å². The molecule has 2 rings (SSSR count). The normalized spacial score (nSPS) is 21.4. The van der Waals surface area contributed by atoms with E-state index in [0.29, 0.717) is 0 Å². The van der Waals surface area contributed by atoms with E-state index in [1.54, 1.807) is 0 Å². The molecule has 0 aromatic heterocycles. The fourth-order valence-electron chi connectivity index (χ4n) is 4.65. The minimum atomic E-state index is -0.620. The van der Waals surface area contributed by atoms with Gasteiger partial charge in [-0.3, -0.25) is 9.59 Å². The van der Waals surface area contributed by atoms with Gasteiger partial charge < -0.3 is 15.5 Å².